The van der Waals surface area contributed by atoms with E-state index in [0.717, 1.165) is 22.8 Å². The van der Waals surface area contributed by atoms with Gasteiger partial charge in [0.2, 0.25) is 5.91 Å². The number of ether oxygens (including phenoxy) is 1. The predicted octanol–water partition coefficient (Wildman–Crippen LogP) is 2.55. The Labute approximate surface area is 140 Å². The first-order valence-electron chi connectivity index (χ1n) is 8.11. The van der Waals surface area contributed by atoms with Crippen LogP contribution in [0.3, 0.4) is 0 Å². The van der Waals surface area contributed by atoms with Gasteiger partial charge >= 0.3 is 5.97 Å². The van der Waals surface area contributed by atoms with E-state index >= 15 is 0 Å². The van der Waals surface area contributed by atoms with Gasteiger partial charge in [0.15, 0.2) is 0 Å². The molecule has 1 aliphatic carbocycles. The summed E-state index contributed by atoms with van der Waals surface area (Å²) in [6, 6.07) is 13.3. The van der Waals surface area contributed by atoms with Gasteiger partial charge < -0.3 is 15.2 Å². The van der Waals surface area contributed by atoms with E-state index < -0.39 is 12.0 Å². The number of hydrogen-bond acceptors (Lipinski definition) is 3. The molecule has 0 aliphatic heterocycles. The van der Waals surface area contributed by atoms with Gasteiger partial charge in [-0.25, -0.2) is 4.79 Å². The highest BCUT2D eigenvalue weighted by Gasteiger charge is 2.45. The molecule has 2 aromatic rings. The molecule has 0 spiro atoms. The van der Waals surface area contributed by atoms with Gasteiger partial charge in [-0.1, -0.05) is 42.5 Å². The Hall–Kier alpha value is -2.40. The number of carboxylic acid groups (broad SMARTS) is 1. The van der Waals surface area contributed by atoms with E-state index in [2.05, 4.69) is 29.6 Å². The monoisotopic (exact) mass is 327 g/mol. The number of methoxy groups -OCH3 is 1. The summed E-state index contributed by atoms with van der Waals surface area (Å²) in [6.45, 7) is 0.300. The van der Waals surface area contributed by atoms with Crippen LogP contribution in [0.5, 0.6) is 0 Å². The standard InChI is InChI=1S/C19H21NO4/c1-24-10-9-17(19(22)23)20-18(21)16-11-15(16)14-8-4-6-12-5-2-3-7-13(12)14/h2-8,15-17H,9-11H2,1H3,(H,20,21)(H,22,23). The van der Waals surface area contributed by atoms with Gasteiger partial charge in [0.25, 0.3) is 0 Å². The van der Waals surface area contributed by atoms with E-state index in [1.165, 1.54) is 7.11 Å². The number of aliphatic carboxylic acids is 1. The SMILES string of the molecule is COCCC(NC(=O)C1CC1c1cccc2ccccc12)C(=O)O. The first kappa shape index (κ1) is 16.5. The van der Waals surface area contributed by atoms with E-state index in [4.69, 9.17) is 4.74 Å². The summed E-state index contributed by atoms with van der Waals surface area (Å²) in [5.74, 6) is -1.20. The van der Waals surface area contributed by atoms with Gasteiger partial charge in [0.05, 0.1) is 0 Å². The molecule has 0 heterocycles. The maximum absolute atomic E-state index is 12.4. The summed E-state index contributed by atoms with van der Waals surface area (Å²) in [6.07, 6.45) is 1.03. The first-order chi connectivity index (χ1) is 11.6. The zero-order chi connectivity index (χ0) is 17.1. The average molecular weight is 327 g/mol. The molecule has 126 valence electrons. The molecular formula is C19H21NO4. The van der Waals surface area contributed by atoms with Crippen LogP contribution in [-0.4, -0.2) is 36.7 Å². The molecule has 1 fully saturated rings. The van der Waals surface area contributed by atoms with Crippen LogP contribution in [0.2, 0.25) is 0 Å². The lowest BCUT2D eigenvalue weighted by atomic mass is 10.00. The highest BCUT2D eigenvalue weighted by Crippen LogP contribution is 2.49. The molecule has 0 aromatic heterocycles. The Morgan fingerprint density at radius 2 is 2.00 bits per heavy atom. The summed E-state index contributed by atoms with van der Waals surface area (Å²) in [4.78, 5) is 23.6. The number of carboxylic acids is 1. The molecule has 2 N–H and O–H groups in total. The van der Waals surface area contributed by atoms with Crippen molar-refractivity contribution >= 4 is 22.6 Å². The van der Waals surface area contributed by atoms with Crippen molar-refractivity contribution < 1.29 is 19.4 Å². The number of carbonyl (C=O) groups is 2. The van der Waals surface area contributed by atoms with Crippen molar-refractivity contribution in [3.05, 3.63) is 48.0 Å². The highest BCUT2D eigenvalue weighted by atomic mass is 16.5. The average Bonchev–Trinajstić information content (AvgIpc) is 3.38. The molecule has 3 atom stereocenters. The first-order valence-corrected chi connectivity index (χ1v) is 8.11. The maximum atomic E-state index is 12.4. The van der Waals surface area contributed by atoms with Crippen molar-refractivity contribution in [1.29, 1.82) is 0 Å². The second-order valence-electron chi connectivity index (χ2n) is 6.20. The van der Waals surface area contributed by atoms with Crippen LogP contribution >= 0.6 is 0 Å². The highest BCUT2D eigenvalue weighted by molar-refractivity contribution is 5.91. The van der Waals surface area contributed by atoms with Crippen LogP contribution < -0.4 is 5.32 Å². The quantitative estimate of drug-likeness (QED) is 0.819. The molecule has 3 unspecified atom stereocenters. The third-order valence-corrected chi connectivity index (χ3v) is 4.58. The number of fused-ring (bicyclic) bond motifs is 1. The minimum atomic E-state index is -1.03. The molecule has 0 radical (unpaired) electrons. The van der Waals surface area contributed by atoms with Crippen LogP contribution in [0.15, 0.2) is 42.5 Å². The fourth-order valence-electron chi connectivity index (χ4n) is 3.17. The fourth-order valence-corrected chi connectivity index (χ4v) is 3.17. The lowest BCUT2D eigenvalue weighted by molar-refractivity contribution is -0.142. The van der Waals surface area contributed by atoms with Gasteiger partial charge in [-0.05, 0) is 28.7 Å². The minimum absolute atomic E-state index is 0.153. The number of carbonyl (C=O) groups excluding carboxylic acids is 1. The van der Waals surface area contributed by atoms with Crippen LogP contribution in [0.1, 0.15) is 24.3 Å². The Balaban J connectivity index is 1.70. The summed E-state index contributed by atoms with van der Waals surface area (Å²) in [5.41, 5.74) is 1.16. The van der Waals surface area contributed by atoms with Crippen molar-refractivity contribution in [3.8, 4) is 0 Å². The number of hydrogen-bond donors (Lipinski definition) is 2. The Kier molecular flexibility index (Phi) is 4.81. The molecule has 5 heteroatoms. The molecule has 5 nitrogen and oxygen atoms in total. The Morgan fingerprint density at radius 1 is 1.25 bits per heavy atom. The van der Waals surface area contributed by atoms with Crippen molar-refractivity contribution in [2.45, 2.75) is 24.8 Å². The summed E-state index contributed by atoms with van der Waals surface area (Å²) in [7, 11) is 1.51. The molecular weight excluding hydrogens is 306 g/mol. The molecule has 3 rings (SSSR count). The van der Waals surface area contributed by atoms with Crippen LogP contribution in [-0.2, 0) is 14.3 Å². The smallest absolute Gasteiger partial charge is 0.326 e. The molecule has 0 saturated heterocycles. The summed E-state index contributed by atoms with van der Waals surface area (Å²) < 4.78 is 4.90. The molecule has 1 saturated carbocycles. The van der Waals surface area contributed by atoms with E-state index in [9.17, 15) is 14.7 Å². The zero-order valence-corrected chi connectivity index (χ0v) is 13.6. The van der Waals surface area contributed by atoms with Crippen LogP contribution in [0.4, 0.5) is 0 Å². The number of rotatable bonds is 7. The van der Waals surface area contributed by atoms with E-state index in [1.54, 1.807) is 0 Å². The minimum Gasteiger partial charge on any atom is -0.480 e. The van der Waals surface area contributed by atoms with Gasteiger partial charge in [-0.2, -0.15) is 0 Å². The van der Waals surface area contributed by atoms with E-state index in [0.29, 0.717) is 6.61 Å². The molecule has 1 amide bonds. The third-order valence-electron chi connectivity index (χ3n) is 4.58. The van der Waals surface area contributed by atoms with Crippen molar-refractivity contribution in [3.63, 3.8) is 0 Å². The molecule has 24 heavy (non-hydrogen) atoms. The van der Waals surface area contributed by atoms with Gasteiger partial charge in [-0.3, -0.25) is 4.79 Å². The normalized spacial score (nSPS) is 20.5. The van der Waals surface area contributed by atoms with Crippen LogP contribution in [0.25, 0.3) is 10.8 Å². The number of benzene rings is 2. The predicted molar refractivity (Wildman–Crippen MR) is 90.9 cm³/mol. The maximum Gasteiger partial charge on any atom is 0.326 e. The summed E-state index contributed by atoms with van der Waals surface area (Å²) >= 11 is 0. The number of nitrogens with one attached hydrogen (secondary N) is 1. The Morgan fingerprint density at radius 3 is 2.75 bits per heavy atom. The number of amides is 1. The van der Waals surface area contributed by atoms with Crippen molar-refractivity contribution in [1.82, 2.24) is 5.32 Å². The summed E-state index contributed by atoms with van der Waals surface area (Å²) in [5, 5.41) is 14.2. The molecule has 1 aliphatic rings. The van der Waals surface area contributed by atoms with Gasteiger partial charge in [0, 0.05) is 26.1 Å². The van der Waals surface area contributed by atoms with Crippen molar-refractivity contribution in [2.24, 2.45) is 5.92 Å². The molecule has 2 aromatic carbocycles. The van der Waals surface area contributed by atoms with Gasteiger partial charge in [0.1, 0.15) is 6.04 Å². The lowest BCUT2D eigenvalue weighted by Gasteiger charge is -2.14. The van der Waals surface area contributed by atoms with Gasteiger partial charge in [-0.15, -0.1) is 0 Å². The second-order valence-corrected chi connectivity index (χ2v) is 6.20. The Bertz CT molecular complexity index is 753. The fraction of sp³-hybridized carbons (Fsp3) is 0.368. The topological polar surface area (TPSA) is 75.6 Å². The largest absolute Gasteiger partial charge is 0.480 e. The third kappa shape index (κ3) is 3.41. The lowest BCUT2D eigenvalue weighted by Crippen LogP contribution is -2.42. The van der Waals surface area contributed by atoms with Crippen LogP contribution in [0, 0.1) is 5.92 Å². The van der Waals surface area contributed by atoms with E-state index in [-0.39, 0.29) is 24.2 Å². The molecule has 0 bridgehead atoms. The second kappa shape index (κ2) is 7.01. The zero-order valence-electron chi connectivity index (χ0n) is 13.6. The van der Waals surface area contributed by atoms with Crippen molar-refractivity contribution in [2.75, 3.05) is 13.7 Å². The van der Waals surface area contributed by atoms with E-state index in [1.807, 2.05) is 18.2 Å².